The van der Waals surface area contributed by atoms with Gasteiger partial charge in [-0.2, -0.15) is 0 Å². The van der Waals surface area contributed by atoms with E-state index in [2.05, 4.69) is 4.99 Å². The minimum absolute atomic E-state index is 0. The summed E-state index contributed by atoms with van der Waals surface area (Å²) >= 11 is 5.68. The second-order valence-electron chi connectivity index (χ2n) is 6.36. The van der Waals surface area contributed by atoms with E-state index in [9.17, 15) is 0 Å². The largest absolute Gasteiger partial charge is 0.386 e. The molecule has 4 aliphatic rings. The van der Waals surface area contributed by atoms with Crippen LogP contribution in [-0.2, 0) is 0 Å². The lowest BCUT2D eigenvalue weighted by Crippen LogP contribution is -2.47. The van der Waals surface area contributed by atoms with Crippen molar-refractivity contribution in [2.75, 3.05) is 12.4 Å². The highest BCUT2D eigenvalue weighted by Gasteiger charge is 2.50. The number of halogens is 2. The van der Waals surface area contributed by atoms with Gasteiger partial charge in [-0.15, -0.1) is 24.0 Å². The van der Waals surface area contributed by atoms with E-state index in [4.69, 9.17) is 17.3 Å². The molecule has 0 aromatic rings. The molecule has 0 aliphatic heterocycles. The van der Waals surface area contributed by atoms with E-state index < -0.39 is 0 Å². The van der Waals surface area contributed by atoms with E-state index in [1.165, 1.54) is 38.5 Å². The van der Waals surface area contributed by atoms with Crippen molar-refractivity contribution in [3.05, 3.63) is 0 Å². The smallest absolute Gasteiger partial charge is 0.109 e. The number of amidine groups is 1. The molecule has 2 nitrogen and oxygen atoms in total. The van der Waals surface area contributed by atoms with Gasteiger partial charge in [-0.3, -0.25) is 4.99 Å². The van der Waals surface area contributed by atoms with E-state index in [0.29, 0.717) is 17.1 Å². The van der Waals surface area contributed by atoms with Gasteiger partial charge >= 0.3 is 0 Å². The van der Waals surface area contributed by atoms with E-state index >= 15 is 0 Å². The van der Waals surface area contributed by atoms with Gasteiger partial charge in [-0.05, 0) is 61.7 Å². The van der Waals surface area contributed by atoms with Crippen LogP contribution in [0.4, 0.5) is 0 Å². The number of nitrogens with two attached hydrogens (primary N) is 1. The number of rotatable bonds is 3. The third-order valence-electron chi connectivity index (χ3n) is 4.92. The first kappa shape index (κ1) is 13.5. The summed E-state index contributed by atoms with van der Waals surface area (Å²) in [5.74, 6) is 4.00. The Hall–Kier alpha value is 0.0500. The average molecular weight is 277 g/mol. The molecule has 0 saturated heterocycles. The van der Waals surface area contributed by atoms with Crippen LogP contribution in [0.25, 0.3) is 0 Å². The molecular formula is C13H22Cl2N2. The molecule has 0 aromatic carbocycles. The SMILES string of the molecule is Cl.NC(CCl)=NCC12CC3CC(CC(C3)C1)C2. The molecule has 4 fully saturated rings. The number of hydrogen-bond donors (Lipinski definition) is 1. The monoisotopic (exact) mass is 276 g/mol. The Morgan fingerprint density at radius 2 is 1.59 bits per heavy atom. The molecule has 98 valence electrons. The van der Waals surface area contributed by atoms with Gasteiger partial charge < -0.3 is 5.73 Å². The lowest BCUT2D eigenvalue weighted by atomic mass is 9.49. The second kappa shape index (κ2) is 4.97. The summed E-state index contributed by atoms with van der Waals surface area (Å²) < 4.78 is 0. The predicted octanol–water partition coefficient (Wildman–Crippen LogP) is 3.22. The number of nitrogens with zero attached hydrogens (tertiary/aromatic N) is 1. The van der Waals surface area contributed by atoms with Crippen LogP contribution in [0.5, 0.6) is 0 Å². The van der Waals surface area contributed by atoms with Gasteiger partial charge in [-0.25, -0.2) is 0 Å². The zero-order chi connectivity index (χ0) is 11.2. The Balaban J connectivity index is 0.00000108. The molecule has 0 aromatic heterocycles. The van der Waals surface area contributed by atoms with Gasteiger partial charge in [0, 0.05) is 6.54 Å². The lowest BCUT2D eigenvalue weighted by Gasteiger charge is -2.56. The molecule has 4 saturated carbocycles. The molecule has 4 heteroatoms. The fraction of sp³-hybridized carbons (Fsp3) is 0.923. The first-order chi connectivity index (χ1) is 7.69. The summed E-state index contributed by atoms with van der Waals surface area (Å²) in [5.41, 5.74) is 6.23. The van der Waals surface area contributed by atoms with Gasteiger partial charge in [0.2, 0.25) is 0 Å². The lowest BCUT2D eigenvalue weighted by molar-refractivity contribution is -0.0465. The molecule has 4 bridgehead atoms. The second-order valence-corrected chi connectivity index (χ2v) is 6.63. The zero-order valence-electron chi connectivity index (χ0n) is 10.2. The molecule has 4 aliphatic carbocycles. The Kier molecular flexibility index (Phi) is 3.94. The third-order valence-corrected chi connectivity index (χ3v) is 5.19. The Morgan fingerprint density at radius 1 is 1.12 bits per heavy atom. The Morgan fingerprint density at radius 3 is 2.00 bits per heavy atom. The summed E-state index contributed by atoms with van der Waals surface area (Å²) in [6.07, 6.45) is 8.68. The van der Waals surface area contributed by atoms with Crippen LogP contribution in [0.1, 0.15) is 38.5 Å². The van der Waals surface area contributed by atoms with Crippen LogP contribution < -0.4 is 5.73 Å². The number of aliphatic imine (C=N–C) groups is 1. The van der Waals surface area contributed by atoms with Crippen molar-refractivity contribution < 1.29 is 0 Å². The van der Waals surface area contributed by atoms with Crippen molar-refractivity contribution in [2.45, 2.75) is 38.5 Å². The van der Waals surface area contributed by atoms with Crippen molar-refractivity contribution in [1.82, 2.24) is 0 Å². The van der Waals surface area contributed by atoms with Crippen molar-refractivity contribution in [2.24, 2.45) is 33.9 Å². The van der Waals surface area contributed by atoms with Crippen LogP contribution in [-0.4, -0.2) is 18.3 Å². The minimum Gasteiger partial charge on any atom is -0.386 e. The Labute approximate surface area is 115 Å². The van der Waals surface area contributed by atoms with E-state index in [0.717, 1.165) is 24.3 Å². The van der Waals surface area contributed by atoms with Crippen LogP contribution in [0.3, 0.4) is 0 Å². The molecule has 4 rings (SSSR count). The molecule has 0 radical (unpaired) electrons. The highest BCUT2D eigenvalue weighted by atomic mass is 35.5. The molecule has 0 heterocycles. The van der Waals surface area contributed by atoms with Gasteiger partial charge in [0.25, 0.3) is 0 Å². The van der Waals surface area contributed by atoms with Gasteiger partial charge in [-0.1, -0.05) is 0 Å². The topological polar surface area (TPSA) is 38.4 Å². The van der Waals surface area contributed by atoms with Crippen LogP contribution in [0.15, 0.2) is 4.99 Å². The maximum Gasteiger partial charge on any atom is 0.109 e. The van der Waals surface area contributed by atoms with Crippen LogP contribution in [0, 0.1) is 23.2 Å². The maximum atomic E-state index is 5.72. The summed E-state index contributed by atoms with van der Waals surface area (Å²) in [5, 5.41) is 0. The predicted molar refractivity (Wildman–Crippen MR) is 75.1 cm³/mol. The molecule has 2 N–H and O–H groups in total. The fourth-order valence-corrected chi connectivity index (χ4v) is 4.88. The molecule has 0 amide bonds. The van der Waals surface area contributed by atoms with Crippen LogP contribution in [0.2, 0.25) is 0 Å². The van der Waals surface area contributed by atoms with Gasteiger partial charge in [0.15, 0.2) is 0 Å². The molecule has 0 atom stereocenters. The molecule has 0 spiro atoms. The number of alkyl halides is 1. The van der Waals surface area contributed by atoms with E-state index in [-0.39, 0.29) is 12.4 Å². The zero-order valence-corrected chi connectivity index (χ0v) is 11.8. The van der Waals surface area contributed by atoms with Gasteiger partial charge in [0.1, 0.15) is 5.84 Å². The fourth-order valence-electron chi connectivity index (χ4n) is 4.80. The van der Waals surface area contributed by atoms with Crippen molar-refractivity contribution in [1.29, 1.82) is 0 Å². The highest BCUT2D eigenvalue weighted by molar-refractivity contribution is 6.27. The van der Waals surface area contributed by atoms with Crippen molar-refractivity contribution in [3.8, 4) is 0 Å². The average Bonchev–Trinajstić information content (AvgIpc) is 2.24. The first-order valence-electron chi connectivity index (χ1n) is 6.54. The standard InChI is InChI=1S/C13H21ClN2.ClH/c14-7-12(15)16-8-13-4-9-1-10(5-13)3-11(2-9)6-13;/h9-11H,1-8H2,(H2,15,16);1H. The van der Waals surface area contributed by atoms with E-state index in [1.54, 1.807) is 0 Å². The maximum absolute atomic E-state index is 5.72. The first-order valence-corrected chi connectivity index (χ1v) is 7.07. The molecular weight excluding hydrogens is 255 g/mol. The molecule has 17 heavy (non-hydrogen) atoms. The van der Waals surface area contributed by atoms with Crippen molar-refractivity contribution >= 4 is 29.8 Å². The van der Waals surface area contributed by atoms with E-state index in [1.807, 2.05) is 0 Å². The highest BCUT2D eigenvalue weighted by Crippen LogP contribution is 2.60. The Bertz CT molecular complexity index is 279. The van der Waals surface area contributed by atoms with Gasteiger partial charge in [0.05, 0.1) is 5.88 Å². The number of hydrogen-bond acceptors (Lipinski definition) is 1. The quantitative estimate of drug-likeness (QED) is 0.480. The normalized spacial score (nSPS) is 43.6. The minimum atomic E-state index is 0. The summed E-state index contributed by atoms with van der Waals surface area (Å²) in [6.45, 7) is 0.940. The molecule has 0 unspecified atom stereocenters. The summed E-state index contributed by atoms with van der Waals surface area (Å²) in [6, 6.07) is 0. The summed E-state index contributed by atoms with van der Waals surface area (Å²) in [4.78, 5) is 4.50. The van der Waals surface area contributed by atoms with Crippen LogP contribution >= 0.6 is 24.0 Å². The van der Waals surface area contributed by atoms with Crippen molar-refractivity contribution in [3.63, 3.8) is 0 Å². The third kappa shape index (κ3) is 2.58. The summed E-state index contributed by atoms with van der Waals surface area (Å²) in [7, 11) is 0.